The molecule has 0 saturated heterocycles. The van der Waals surface area contributed by atoms with Crippen LogP contribution >= 0.6 is 12.4 Å². The van der Waals surface area contributed by atoms with Gasteiger partial charge in [-0.1, -0.05) is 50.6 Å². The molecule has 0 radical (unpaired) electrons. The predicted molar refractivity (Wildman–Crippen MR) is 108 cm³/mol. The minimum atomic E-state index is -0.404. The van der Waals surface area contributed by atoms with E-state index in [-0.39, 0.29) is 18.2 Å². The molecule has 1 heterocycles. The summed E-state index contributed by atoms with van der Waals surface area (Å²) in [6.07, 6.45) is 9.84. The Morgan fingerprint density at radius 2 is 1.81 bits per heavy atom. The van der Waals surface area contributed by atoms with Crippen LogP contribution in [0.4, 0.5) is 4.39 Å². The van der Waals surface area contributed by atoms with Gasteiger partial charge in [0.2, 0.25) is 11.7 Å². The first-order chi connectivity index (χ1) is 12.7. The number of hydrogen-bond acceptors (Lipinski definition) is 5. The third-order valence-electron chi connectivity index (χ3n) is 4.26. The van der Waals surface area contributed by atoms with Crippen LogP contribution in [-0.2, 0) is 6.42 Å². The van der Waals surface area contributed by atoms with Crippen molar-refractivity contribution in [2.45, 2.75) is 64.7 Å². The van der Waals surface area contributed by atoms with E-state index in [1.165, 1.54) is 38.2 Å². The highest BCUT2D eigenvalue weighted by Crippen LogP contribution is 2.24. The van der Waals surface area contributed by atoms with Crippen LogP contribution in [0.25, 0.3) is 11.4 Å². The molecule has 0 saturated carbocycles. The average molecular weight is 400 g/mol. The lowest BCUT2D eigenvalue weighted by atomic mass is 10.1. The van der Waals surface area contributed by atoms with Crippen LogP contribution in [0.3, 0.4) is 0 Å². The van der Waals surface area contributed by atoms with E-state index in [4.69, 9.17) is 15.0 Å². The zero-order valence-corrected chi connectivity index (χ0v) is 16.9. The number of benzene rings is 1. The highest BCUT2D eigenvalue weighted by Gasteiger charge is 2.12. The van der Waals surface area contributed by atoms with Crippen molar-refractivity contribution in [3.63, 3.8) is 0 Å². The maximum Gasteiger partial charge on any atom is 0.227 e. The Bertz CT molecular complexity index is 652. The van der Waals surface area contributed by atoms with Crippen LogP contribution in [-0.4, -0.2) is 23.3 Å². The van der Waals surface area contributed by atoms with Gasteiger partial charge in [-0.2, -0.15) is 4.98 Å². The van der Waals surface area contributed by atoms with E-state index < -0.39 is 5.82 Å². The fourth-order valence-corrected chi connectivity index (χ4v) is 2.73. The summed E-state index contributed by atoms with van der Waals surface area (Å²) in [6, 6.07) is 4.76. The van der Waals surface area contributed by atoms with Crippen LogP contribution in [0.15, 0.2) is 22.7 Å². The van der Waals surface area contributed by atoms with Crippen molar-refractivity contribution in [3.05, 3.63) is 29.9 Å². The quantitative estimate of drug-likeness (QED) is 0.461. The second kappa shape index (κ2) is 13.5. The highest BCUT2D eigenvalue weighted by molar-refractivity contribution is 5.85. The summed E-state index contributed by atoms with van der Waals surface area (Å²) in [5.41, 5.74) is 6.04. The molecule has 2 rings (SSSR count). The normalized spacial score (nSPS) is 10.6. The maximum absolute atomic E-state index is 14.2. The minimum absolute atomic E-state index is 0. The number of nitrogens with two attached hydrogens (primary N) is 1. The molecule has 0 aliphatic rings. The van der Waals surface area contributed by atoms with Crippen molar-refractivity contribution in [2.24, 2.45) is 5.73 Å². The van der Waals surface area contributed by atoms with Crippen LogP contribution in [0.1, 0.15) is 64.2 Å². The molecule has 0 amide bonds. The smallest absolute Gasteiger partial charge is 0.227 e. The average Bonchev–Trinajstić information content (AvgIpc) is 3.12. The Hall–Kier alpha value is -1.66. The number of aryl methyl sites for hydroxylation is 1. The summed E-state index contributed by atoms with van der Waals surface area (Å²) in [5, 5.41) is 3.89. The van der Waals surface area contributed by atoms with Gasteiger partial charge in [0.15, 0.2) is 11.6 Å². The summed E-state index contributed by atoms with van der Waals surface area (Å²) in [6.45, 7) is 3.32. The molecule has 0 aliphatic heterocycles. The molecule has 0 bridgehead atoms. The Labute approximate surface area is 167 Å². The number of hydrogen-bond donors (Lipinski definition) is 1. The van der Waals surface area contributed by atoms with Crippen molar-refractivity contribution in [1.82, 2.24) is 10.1 Å². The maximum atomic E-state index is 14.2. The number of halogens is 2. The standard InChI is InChI=1S/C20H30FN3O2.ClH/c1-2-3-4-5-6-7-8-14-25-18-12-11-16(15-17(18)21)20-23-19(26-24-20)10-9-13-22;/h11-12,15H,2-10,13-14,22H2,1H3;1H. The van der Waals surface area contributed by atoms with E-state index in [2.05, 4.69) is 17.1 Å². The first-order valence-corrected chi connectivity index (χ1v) is 9.70. The van der Waals surface area contributed by atoms with Crippen molar-refractivity contribution in [1.29, 1.82) is 0 Å². The summed E-state index contributed by atoms with van der Waals surface area (Å²) in [5.74, 6) is 0.769. The van der Waals surface area contributed by atoms with Crippen molar-refractivity contribution in [2.75, 3.05) is 13.2 Å². The number of rotatable bonds is 13. The Morgan fingerprint density at radius 3 is 2.52 bits per heavy atom. The molecule has 0 aliphatic carbocycles. The van der Waals surface area contributed by atoms with E-state index in [0.717, 1.165) is 19.3 Å². The highest BCUT2D eigenvalue weighted by atomic mass is 35.5. The third-order valence-corrected chi connectivity index (χ3v) is 4.26. The van der Waals surface area contributed by atoms with Gasteiger partial charge in [-0.05, 0) is 37.6 Å². The van der Waals surface area contributed by atoms with Crippen LogP contribution in [0.5, 0.6) is 5.75 Å². The second-order valence-corrected chi connectivity index (χ2v) is 6.52. The summed E-state index contributed by atoms with van der Waals surface area (Å²) < 4.78 is 24.9. The van der Waals surface area contributed by atoms with E-state index in [9.17, 15) is 4.39 Å². The lowest BCUT2D eigenvalue weighted by molar-refractivity contribution is 0.290. The largest absolute Gasteiger partial charge is 0.491 e. The molecule has 7 heteroatoms. The lowest BCUT2D eigenvalue weighted by Gasteiger charge is -2.08. The molecule has 152 valence electrons. The molecule has 0 unspecified atom stereocenters. The number of ether oxygens (including phenoxy) is 1. The van der Waals surface area contributed by atoms with Gasteiger partial charge in [0.1, 0.15) is 0 Å². The van der Waals surface area contributed by atoms with Crippen LogP contribution in [0, 0.1) is 5.82 Å². The SMILES string of the molecule is CCCCCCCCCOc1ccc(-c2noc(CCCN)n2)cc1F.Cl. The molecule has 27 heavy (non-hydrogen) atoms. The van der Waals surface area contributed by atoms with E-state index in [1.54, 1.807) is 12.1 Å². The molecular weight excluding hydrogens is 369 g/mol. The number of unbranched alkanes of at least 4 members (excludes halogenated alkanes) is 6. The monoisotopic (exact) mass is 399 g/mol. The van der Waals surface area contributed by atoms with E-state index in [1.807, 2.05) is 0 Å². The van der Waals surface area contributed by atoms with E-state index in [0.29, 0.717) is 36.9 Å². The van der Waals surface area contributed by atoms with E-state index >= 15 is 0 Å². The molecule has 1 aromatic carbocycles. The number of aromatic nitrogens is 2. The Kier molecular flexibility index (Phi) is 11.7. The van der Waals surface area contributed by atoms with Gasteiger partial charge in [-0.15, -0.1) is 12.4 Å². The first-order valence-electron chi connectivity index (χ1n) is 9.70. The van der Waals surface area contributed by atoms with Crippen LogP contribution in [0.2, 0.25) is 0 Å². The zero-order chi connectivity index (χ0) is 18.6. The topological polar surface area (TPSA) is 74.2 Å². The van der Waals surface area contributed by atoms with Gasteiger partial charge < -0.3 is 15.0 Å². The number of nitrogens with zero attached hydrogens (tertiary/aromatic N) is 2. The van der Waals surface area contributed by atoms with Crippen LogP contribution < -0.4 is 10.5 Å². The second-order valence-electron chi connectivity index (χ2n) is 6.52. The summed E-state index contributed by atoms with van der Waals surface area (Å²) >= 11 is 0. The van der Waals surface area contributed by atoms with Gasteiger partial charge in [0.05, 0.1) is 6.61 Å². The molecule has 0 fully saturated rings. The first kappa shape index (κ1) is 23.4. The fraction of sp³-hybridized carbons (Fsp3) is 0.600. The predicted octanol–water partition coefficient (Wildman–Crippen LogP) is 5.32. The molecule has 2 aromatic rings. The van der Waals surface area contributed by atoms with Gasteiger partial charge >= 0.3 is 0 Å². The molecule has 1 aromatic heterocycles. The lowest BCUT2D eigenvalue weighted by Crippen LogP contribution is -2.00. The van der Waals surface area contributed by atoms with Gasteiger partial charge in [-0.3, -0.25) is 0 Å². The molecule has 2 N–H and O–H groups in total. The molecule has 0 atom stereocenters. The molecule has 5 nitrogen and oxygen atoms in total. The molecule has 0 spiro atoms. The van der Waals surface area contributed by atoms with Crippen molar-refractivity contribution < 1.29 is 13.7 Å². The van der Waals surface area contributed by atoms with Gasteiger partial charge in [0.25, 0.3) is 0 Å². The Morgan fingerprint density at radius 1 is 1.07 bits per heavy atom. The minimum Gasteiger partial charge on any atom is -0.491 e. The zero-order valence-electron chi connectivity index (χ0n) is 16.1. The summed E-state index contributed by atoms with van der Waals surface area (Å²) in [7, 11) is 0. The van der Waals surface area contributed by atoms with Crippen molar-refractivity contribution >= 4 is 12.4 Å². The van der Waals surface area contributed by atoms with Gasteiger partial charge in [-0.25, -0.2) is 4.39 Å². The van der Waals surface area contributed by atoms with Crippen molar-refractivity contribution in [3.8, 4) is 17.1 Å². The summed E-state index contributed by atoms with van der Waals surface area (Å²) in [4.78, 5) is 4.27. The fourth-order valence-electron chi connectivity index (χ4n) is 2.73. The third kappa shape index (κ3) is 8.26. The van der Waals surface area contributed by atoms with Gasteiger partial charge in [0, 0.05) is 12.0 Å². The Balaban J connectivity index is 0.00000364. The molecular formula is C20H31ClFN3O2.